The van der Waals surface area contributed by atoms with Crippen LogP contribution in [0.4, 0.5) is 0 Å². The normalized spacial score (nSPS) is 9.88. The van der Waals surface area contributed by atoms with Crippen LogP contribution in [0.1, 0.15) is 15.9 Å². The van der Waals surface area contributed by atoms with E-state index in [1.165, 1.54) is 0 Å². The second-order valence-corrected chi connectivity index (χ2v) is 3.71. The second-order valence-electron chi connectivity index (χ2n) is 3.71. The quantitative estimate of drug-likeness (QED) is 0.863. The van der Waals surface area contributed by atoms with Crippen LogP contribution in [0.25, 0.3) is 17.2 Å². The molecule has 0 amide bonds. The highest BCUT2D eigenvalue weighted by molar-refractivity contribution is 5.89. The third-order valence-corrected chi connectivity index (χ3v) is 2.59. The molecule has 0 aliphatic heterocycles. The standard InChI is InChI=1S/C15H12O2/c1-2-11-6-8-12(9-7-11)13-4-3-5-14(10-13)15(16)17/h2-10H,1H2,(H,16,17). The summed E-state index contributed by atoms with van der Waals surface area (Å²) in [5, 5.41) is 8.93. The van der Waals surface area contributed by atoms with Crippen LogP contribution in [-0.4, -0.2) is 11.1 Å². The molecule has 2 heteroatoms. The van der Waals surface area contributed by atoms with Crippen molar-refractivity contribution < 1.29 is 9.90 Å². The largest absolute Gasteiger partial charge is 0.478 e. The van der Waals surface area contributed by atoms with E-state index in [2.05, 4.69) is 6.58 Å². The minimum atomic E-state index is -0.908. The van der Waals surface area contributed by atoms with Gasteiger partial charge in [0, 0.05) is 0 Å². The van der Waals surface area contributed by atoms with Crippen LogP contribution in [-0.2, 0) is 0 Å². The van der Waals surface area contributed by atoms with Crippen molar-refractivity contribution in [1.29, 1.82) is 0 Å². The minimum absolute atomic E-state index is 0.301. The van der Waals surface area contributed by atoms with Gasteiger partial charge in [0.25, 0.3) is 0 Å². The molecule has 0 aromatic heterocycles. The summed E-state index contributed by atoms with van der Waals surface area (Å²) in [5.74, 6) is -0.908. The molecule has 0 radical (unpaired) electrons. The van der Waals surface area contributed by atoms with Gasteiger partial charge in [-0.1, -0.05) is 49.1 Å². The molecular weight excluding hydrogens is 212 g/mol. The number of carbonyl (C=O) groups is 1. The van der Waals surface area contributed by atoms with Crippen molar-refractivity contribution in [2.75, 3.05) is 0 Å². The second kappa shape index (κ2) is 4.66. The number of rotatable bonds is 3. The van der Waals surface area contributed by atoms with E-state index in [9.17, 15) is 4.79 Å². The first-order valence-electron chi connectivity index (χ1n) is 5.27. The average Bonchev–Trinajstić information content (AvgIpc) is 2.39. The first kappa shape index (κ1) is 11.1. The zero-order valence-electron chi connectivity index (χ0n) is 9.26. The molecule has 0 heterocycles. The Morgan fingerprint density at radius 3 is 2.35 bits per heavy atom. The van der Waals surface area contributed by atoms with Crippen LogP contribution in [0.3, 0.4) is 0 Å². The van der Waals surface area contributed by atoms with Crippen molar-refractivity contribution in [3.8, 4) is 11.1 Å². The van der Waals surface area contributed by atoms with Gasteiger partial charge in [-0.2, -0.15) is 0 Å². The topological polar surface area (TPSA) is 37.3 Å². The van der Waals surface area contributed by atoms with E-state index in [0.29, 0.717) is 5.56 Å². The Kier molecular flexibility index (Phi) is 3.06. The van der Waals surface area contributed by atoms with Crippen LogP contribution in [0.2, 0.25) is 0 Å². The lowest BCUT2D eigenvalue weighted by Crippen LogP contribution is -1.95. The number of carboxylic acids is 1. The third-order valence-electron chi connectivity index (χ3n) is 2.59. The van der Waals surface area contributed by atoms with Gasteiger partial charge in [0.1, 0.15) is 0 Å². The van der Waals surface area contributed by atoms with Crippen molar-refractivity contribution >= 4 is 12.0 Å². The highest BCUT2D eigenvalue weighted by Crippen LogP contribution is 2.21. The zero-order valence-corrected chi connectivity index (χ0v) is 9.26. The number of benzene rings is 2. The van der Waals surface area contributed by atoms with E-state index in [4.69, 9.17) is 5.11 Å². The van der Waals surface area contributed by atoms with Crippen molar-refractivity contribution in [3.05, 3.63) is 66.2 Å². The van der Waals surface area contributed by atoms with E-state index < -0.39 is 5.97 Å². The van der Waals surface area contributed by atoms with Crippen molar-refractivity contribution in [1.82, 2.24) is 0 Å². The van der Waals surface area contributed by atoms with Gasteiger partial charge in [0.2, 0.25) is 0 Å². The molecule has 0 atom stereocenters. The Labute approximate surface area is 99.8 Å². The van der Waals surface area contributed by atoms with Crippen LogP contribution >= 0.6 is 0 Å². The smallest absolute Gasteiger partial charge is 0.335 e. The SMILES string of the molecule is C=Cc1ccc(-c2cccc(C(=O)O)c2)cc1. The van der Waals surface area contributed by atoms with Gasteiger partial charge in [0.05, 0.1) is 5.56 Å². The summed E-state index contributed by atoms with van der Waals surface area (Å²) in [6.07, 6.45) is 1.78. The molecule has 0 saturated heterocycles. The summed E-state index contributed by atoms with van der Waals surface area (Å²) in [5.41, 5.74) is 3.25. The Morgan fingerprint density at radius 2 is 1.76 bits per heavy atom. The molecule has 17 heavy (non-hydrogen) atoms. The van der Waals surface area contributed by atoms with Gasteiger partial charge in [-0.05, 0) is 28.8 Å². The highest BCUT2D eigenvalue weighted by Gasteiger charge is 2.04. The molecule has 0 aliphatic carbocycles. The van der Waals surface area contributed by atoms with E-state index in [-0.39, 0.29) is 0 Å². The molecule has 0 spiro atoms. The van der Waals surface area contributed by atoms with Crippen molar-refractivity contribution in [2.45, 2.75) is 0 Å². The number of hydrogen-bond donors (Lipinski definition) is 1. The van der Waals surface area contributed by atoms with Crippen LogP contribution < -0.4 is 0 Å². The average molecular weight is 224 g/mol. The summed E-state index contributed by atoms with van der Waals surface area (Å²) < 4.78 is 0. The fourth-order valence-corrected chi connectivity index (χ4v) is 1.64. The lowest BCUT2D eigenvalue weighted by Gasteiger charge is -2.03. The molecule has 1 N–H and O–H groups in total. The minimum Gasteiger partial charge on any atom is -0.478 e. The van der Waals surface area contributed by atoms with Gasteiger partial charge < -0.3 is 5.11 Å². The Bertz CT molecular complexity index is 553. The lowest BCUT2D eigenvalue weighted by molar-refractivity contribution is 0.0697. The van der Waals surface area contributed by atoms with Gasteiger partial charge >= 0.3 is 5.97 Å². The number of aromatic carboxylic acids is 1. The van der Waals surface area contributed by atoms with Gasteiger partial charge in [0.15, 0.2) is 0 Å². The molecule has 2 aromatic carbocycles. The van der Waals surface area contributed by atoms with E-state index >= 15 is 0 Å². The molecule has 84 valence electrons. The molecule has 0 saturated carbocycles. The number of hydrogen-bond acceptors (Lipinski definition) is 1. The maximum absolute atomic E-state index is 10.9. The summed E-state index contributed by atoms with van der Waals surface area (Å²) in [7, 11) is 0. The molecule has 2 nitrogen and oxygen atoms in total. The van der Waals surface area contributed by atoms with Crippen molar-refractivity contribution in [3.63, 3.8) is 0 Å². The van der Waals surface area contributed by atoms with Gasteiger partial charge in [-0.3, -0.25) is 0 Å². The predicted octanol–water partition coefficient (Wildman–Crippen LogP) is 3.69. The Balaban J connectivity index is 2.41. The zero-order chi connectivity index (χ0) is 12.3. The molecule has 0 aliphatic rings. The molecular formula is C15H12O2. The lowest BCUT2D eigenvalue weighted by atomic mass is 10.0. The van der Waals surface area contributed by atoms with Gasteiger partial charge in [-0.15, -0.1) is 0 Å². The van der Waals surface area contributed by atoms with Crippen molar-refractivity contribution in [2.24, 2.45) is 0 Å². The molecule has 0 bridgehead atoms. The van der Waals surface area contributed by atoms with Crippen LogP contribution in [0.15, 0.2) is 55.1 Å². The third kappa shape index (κ3) is 2.42. The molecule has 2 aromatic rings. The Hall–Kier alpha value is -2.35. The fourth-order valence-electron chi connectivity index (χ4n) is 1.64. The fraction of sp³-hybridized carbons (Fsp3) is 0. The van der Waals surface area contributed by atoms with E-state index in [0.717, 1.165) is 16.7 Å². The molecule has 0 unspecified atom stereocenters. The van der Waals surface area contributed by atoms with Crippen LogP contribution in [0.5, 0.6) is 0 Å². The predicted molar refractivity (Wildman–Crippen MR) is 68.9 cm³/mol. The summed E-state index contributed by atoms with van der Waals surface area (Å²) in [6, 6.07) is 14.7. The highest BCUT2D eigenvalue weighted by atomic mass is 16.4. The summed E-state index contributed by atoms with van der Waals surface area (Å²) in [4.78, 5) is 10.9. The monoisotopic (exact) mass is 224 g/mol. The maximum Gasteiger partial charge on any atom is 0.335 e. The first-order chi connectivity index (χ1) is 8.20. The van der Waals surface area contributed by atoms with E-state index in [1.54, 1.807) is 24.3 Å². The maximum atomic E-state index is 10.9. The van der Waals surface area contributed by atoms with E-state index in [1.807, 2.05) is 30.3 Å². The Morgan fingerprint density at radius 1 is 1.06 bits per heavy atom. The number of carboxylic acid groups (broad SMARTS) is 1. The van der Waals surface area contributed by atoms with Crippen LogP contribution in [0, 0.1) is 0 Å². The summed E-state index contributed by atoms with van der Waals surface area (Å²) >= 11 is 0. The van der Waals surface area contributed by atoms with Gasteiger partial charge in [-0.25, -0.2) is 4.79 Å². The molecule has 0 fully saturated rings. The molecule has 2 rings (SSSR count). The first-order valence-corrected chi connectivity index (χ1v) is 5.27. The summed E-state index contributed by atoms with van der Waals surface area (Å²) in [6.45, 7) is 3.69.